The minimum absolute atomic E-state index is 0.102. The van der Waals surface area contributed by atoms with Crippen LogP contribution in [0.25, 0.3) is 0 Å². The van der Waals surface area contributed by atoms with Gasteiger partial charge in [-0.3, -0.25) is 4.79 Å². The van der Waals surface area contributed by atoms with Crippen molar-refractivity contribution in [1.82, 2.24) is 4.90 Å². The van der Waals surface area contributed by atoms with E-state index < -0.39 is 5.79 Å². The average Bonchev–Trinajstić information content (AvgIpc) is 2.99. The van der Waals surface area contributed by atoms with Crippen molar-refractivity contribution in [3.05, 3.63) is 20.8 Å². The van der Waals surface area contributed by atoms with Gasteiger partial charge in [0.2, 0.25) is 0 Å². The number of rotatable bonds is 1. The third kappa shape index (κ3) is 2.22. The van der Waals surface area contributed by atoms with E-state index in [4.69, 9.17) is 9.47 Å². The summed E-state index contributed by atoms with van der Waals surface area (Å²) in [5, 5.41) is 1.92. The number of hydrogen-bond acceptors (Lipinski definition) is 4. The standard InChI is InChI=1S/C12H14BrNO3S/c13-9-1-8-18-10(9)11(15)14-4-2-12(3-5-14)16-6-7-17-12/h1,8H,2-7H2. The van der Waals surface area contributed by atoms with Crippen molar-refractivity contribution in [2.45, 2.75) is 18.6 Å². The van der Waals surface area contributed by atoms with Crippen molar-refractivity contribution in [3.8, 4) is 0 Å². The second kappa shape index (κ2) is 4.92. The van der Waals surface area contributed by atoms with E-state index >= 15 is 0 Å². The molecule has 1 amide bonds. The van der Waals surface area contributed by atoms with Crippen LogP contribution in [0.4, 0.5) is 0 Å². The monoisotopic (exact) mass is 331 g/mol. The van der Waals surface area contributed by atoms with Gasteiger partial charge < -0.3 is 14.4 Å². The molecule has 3 heterocycles. The van der Waals surface area contributed by atoms with Crippen LogP contribution in [0.1, 0.15) is 22.5 Å². The zero-order valence-corrected chi connectivity index (χ0v) is 12.3. The van der Waals surface area contributed by atoms with E-state index in [1.807, 2.05) is 16.3 Å². The van der Waals surface area contributed by atoms with Gasteiger partial charge in [-0.15, -0.1) is 11.3 Å². The maximum absolute atomic E-state index is 12.3. The van der Waals surface area contributed by atoms with Crippen LogP contribution in [0.2, 0.25) is 0 Å². The highest BCUT2D eigenvalue weighted by atomic mass is 79.9. The van der Waals surface area contributed by atoms with E-state index in [1.54, 1.807) is 0 Å². The quantitative estimate of drug-likeness (QED) is 0.793. The normalized spacial score (nSPS) is 22.6. The number of amides is 1. The van der Waals surface area contributed by atoms with Gasteiger partial charge in [0.25, 0.3) is 5.91 Å². The lowest BCUT2D eigenvalue weighted by Gasteiger charge is -2.37. The molecular weight excluding hydrogens is 318 g/mol. The SMILES string of the molecule is O=C(c1sccc1Br)N1CCC2(CC1)OCCO2. The summed E-state index contributed by atoms with van der Waals surface area (Å²) in [5.74, 6) is -0.312. The molecule has 1 aromatic rings. The largest absolute Gasteiger partial charge is 0.347 e. The van der Waals surface area contributed by atoms with Crippen molar-refractivity contribution in [2.75, 3.05) is 26.3 Å². The van der Waals surface area contributed by atoms with E-state index in [2.05, 4.69) is 15.9 Å². The lowest BCUT2D eigenvalue weighted by Crippen LogP contribution is -2.47. The Morgan fingerprint density at radius 2 is 2.00 bits per heavy atom. The highest BCUT2D eigenvalue weighted by Crippen LogP contribution is 2.33. The van der Waals surface area contributed by atoms with Gasteiger partial charge >= 0.3 is 0 Å². The molecule has 0 atom stereocenters. The van der Waals surface area contributed by atoms with Crippen LogP contribution in [0.5, 0.6) is 0 Å². The van der Waals surface area contributed by atoms with Gasteiger partial charge in [-0.1, -0.05) is 0 Å². The number of hydrogen-bond donors (Lipinski definition) is 0. The van der Waals surface area contributed by atoms with Gasteiger partial charge in [0.15, 0.2) is 5.79 Å². The topological polar surface area (TPSA) is 38.8 Å². The highest BCUT2D eigenvalue weighted by Gasteiger charge is 2.41. The molecule has 1 spiro atoms. The highest BCUT2D eigenvalue weighted by molar-refractivity contribution is 9.10. The molecule has 1 aromatic heterocycles. The number of piperidine rings is 1. The Balaban J connectivity index is 1.66. The van der Waals surface area contributed by atoms with Crippen LogP contribution < -0.4 is 0 Å². The number of halogens is 1. The van der Waals surface area contributed by atoms with Gasteiger partial charge in [0.1, 0.15) is 4.88 Å². The molecule has 0 bridgehead atoms. The number of likely N-dealkylation sites (tertiary alicyclic amines) is 1. The molecule has 6 heteroatoms. The second-order valence-electron chi connectivity index (χ2n) is 4.50. The number of carbonyl (C=O) groups excluding carboxylic acids is 1. The summed E-state index contributed by atoms with van der Waals surface area (Å²) >= 11 is 4.88. The van der Waals surface area contributed by atoms with Gasteiger partial charge in [0.05, 0.1) is 13.2 Å². The van der Waals surface area contributed by atoms with E-state index in [1.165, 1.54) is 11.3 Å². The van der Waals surface area contributed by atoms with Crippen molar-refractivity contribution in [1.29, 1.82) is 0 Å². The van der Waals surface area contributed by atoms with Gasteiger partial charge in [-0.05, 0) is 27.4 Å². The first kappa shape index (κ1) is 12.6. The van der Waals surface area contributed by atoms with Crippen LogP contribution in [-0.2, 0) is 9.47 Å². The van der Waals surface area contributed by atoms with Crippen molar-refractivity contribution in [2.24, 2.45) is 0 Å². The molecule has 2 saturated heterocycles. The van der Waals surface area contributed by atoms with Gasteiger partial charge in [0, 0.05) is 30.4 Å². The molecule has 0 saturated carbocycles. The maximum Gasteiger partial charge on any atom is 0.265 e. The number of nitrogens with zero attached hydrogens (tertiary/aromatic N) is 1. The van der Waals surface area contributed by atoms with E-state index in [0.29, 0.717) is 26.3 Å². The third-order valence-electron chi connectivity index (χ3n) is 3.44. The fourth-order valence-electron chi connectivity index (χ4n) is 2.43. The second-order valence-corrected chi connectivity index (χ2v) is 6.27. The number of thiophene rings is 1. The average molecular weight is 332 g/mol. The molecule has 98 valence electrons. The molecule has 0 aliphatic carbocycles. The molecule has 2 aliphatic rings. The van der Waals surface area contributed by atoms with E-state index in [-0.39, 0.29) is 5.91 Å². The molecule has 4 nitrogen and oxygen atoms in total. The van der Waals surface area contributed by atoms with Crippen molar-refractivity contribution >= 4 is 33.2 Å². The van der Waals surface area contributed by atoms with Crippen LogP contribution in [0.3, 0.4) is 0 Å². The molecule has 0 unspecified atom stereocenters. The Morgan fingerprint density at radius 1 is 1.33 bits per heavy atom. The Bertz CT molecular complexity index is 446. The predicted molar refractivity (Wildman–Crippen MR) is 71.8 cm³/mol. The molecule has 0 aromatic carbocycles. The summed E-state index contributed by atoms with van der Waals surface area (Å²) in [6, 6.07) is 1.91. The summed E-state index contributed by atoms with van der Waals surface area (Å²) in [4.78, 5) is 15.0. The molecule has 18 heavy (non-hydrogen) atoms. The minimum atomic E-state index is -0.413. The van der Waals surface area contributed by atoms with E-state index in [9.17, 15) is 4.79 Å². The van der Waals surface area contributed by atoms with Crippen LogP contribution in [0, 0.1) is 0 Å². The van der Waals surface area contributed by atoms with Gasteiger partial charge in [-0.2, -0.15) is 0 Å². The molecular formula is C12H14BrNO3S. The Kier molecular flexibility index (Phi) is 3.44. The first-order chi connectivity index (χ1) is 8.70. The van der Waals surface area contributed by atoms with Crippen LogP contribution >= 0.6 is 27.3 Å². The summed E-state index contributed by atoms with van der Waals surface area (Å²) < 4.78 is 12.2. The van der Waals surface area contributed by atoms with Crippen LogP contribution in [-0.4, -0.2) is 42.9 Å². The van der Waals surface area contributed by atoms with Crippen LogP contribution in [0.15, 0.2) is 15.9 Å². The Labute approximate surface area is 118 Å². The van der Waals surface area contributed by atoms with Gasteiger partial charge in [-0.25, -0.2) is 0 Å². The number of carbonyl (C=O) groups is 1. The Hall–Kier alpha value is -0.430. The molecule has 0 radical (unpaired) electrons. The Morgan fingerprint density at radius 3 is 2.56 bits per heavy atom. The maximum atomic E-state index is 12.3. The third-order valence-corrected chi connectivity index (χ3v) is 5.26. The fraction of sp³-hybridized carbons (Fsp3) is 0.583. The summed E-state index contributed by atoms with van der Waals surface area (Å²) in [6.07, 6.45) is 1.53. The summed E-state index contributed by atoms with van der Waals surface area (Å²) in [5.41, 5.74) is 0. The summed E-state index contributed by atoms with van der Waals surface area (Å²) in [7, 11) is 0. The number of ether oxygens (including phenoxy) is 2. The van der Waals surface area contributed by atoms with Crippen molar-refractivity contribution in [3.63, 3.8) is 0 Å². The smallest absolute Gasteiger partial charge is 0.265 e. The zero-order valence-electron chi connectivity index (χ0n) is 9.86. The molecule has 2 fully saturated rings. The molecule has 2 aliphatic heterocycles. The lowest BCUT2D eigenvalue weighted by atomic mass is 10.0. The molecule has 0 N–H and O–H groups in total. The predicted octanol–water partition coefficient (Wildman–Crippen LogP) is 2.49. The summed E-state index contributed by atoms with van der Waals surface area (Å²) in [6.45, 7) is 2.74. The van der Waals surface area contributed by atoms with Crippen molar-refractivity contribution < 1.29 is 14.3 Å². The van der Waals surface area contributed by atoms with E-state index in [0.717, 1.165) is 22.2 Å². The molecule has 3 rings (SSSR count). The first-order valence-electron chi connectivity index (χ1n) is 6.00. The lowest BCUT2D eigenvalue weighted by molar-refractivity contribution is -0.181. The fourth-order valence-corrected chi connectivity index (χ4v) is 3.93. The zero-order chi connectivity index (χ0) is 12.6. The minimum Gasteiger partial charge on any atom is -0.347 e. The first-order valence-corrected chi connectivity index (χ1v) is 7.68.